The third-order valence-corrected chi connectivity index (χ3v) is 4.98. The van der Waals surface area contributed by atoms with Gasteiger partial charge in [0.15, 0.2) is 0 Å². The Bertz CT molecular complexity index is 288. The normalized spacial score (nSPS) is 28.6. The molecule has 100 valence electrons. The largest absolute Gasteiger partial charge is 0.316 e. The Kier molecular flexibility index (Phi) is 6.42. The van der Waals surface area contributed by atoms with Crippen LogP contribution in [0.2, 0.25) is 0 Å². The van der Waals surface area contributed by atoms with Gasteiger partial charge in [0, 0.05) is 22.3 Å². The van der Waals surface area contributed by atoms with Crippen molar-refractivity contribution in [2.24, 2.45) is 11.8 Å². The van der Waals surface area contributed by atoms with Crippen LogP contribution in [-0.2, 0) is 10.8 Å². The molecule has 1 aliphatic carbocycles. The first-order chi connectivity index (χ1) is 7.99. The van der Waals surface area contributed by atoms with E-state index >= 15 is 0 Å². The Morgan fingerprint density at radius 3 is 2.88 bits per heavy atom. The second kappa shape index (κ2) is 7.32. The zero-order valence-corrected chi connectivity index (χ0v) is 12.5. The second-order valence-corrected chi connectivity index (χ2v) is 7.40. The van der Waals surface area contributed by atoms with Crippen molar-refractivity contribution < 1.29 is 4.21 Å². The lowest BCUT2D eigenvalue weighted by atomic mass is 9.84. The number of hydrogen-bond donors (Lipinski definition) is 1. The van der Waals surface area contributed by atoms with Gasteiger partial charge in [0.2, 0.25) is 0 Å². The smallest absolute Gasteiger partial charge is 0.0329 e. The van der Waals surface area contributed by atoms with E-state index in [0.717, 1.165) is 31.3 Å². The summed E-state index contributed by atoms with van der Waals surface area (Å²) in [5, 5.41) is 3.83. The highest BCUT2D eigenvalue weighted by Gasteiger charge is 2.17. The van der Waals surface area contributed by atoms with E-state index in [1.165, 1.54) is 12.8 Å². The molecule has 4 atom stereocenters. The summed E-state index contributed by atoms with van der Waals surface area (Å²) in [6.07, 6.45) is 7.76. The van der Waals surface area contributed by atoms with Gasteiger partial charge in [-0.3, -0.25) is 4.21 Å². The molecule has 0 heterocycles. The maximum Gasteiger partial charge on any atom is 0.0329 e. The van der Waals surface area contributed by atoms with Crippen LogP contribution in [0.15, 0.2) is 11.6 Å². The number of nitrogens with one attached hydrogen (secondary N) is 1. The van der Waals surface area contributed by atoms with Crippen molar-refractivity contribution >= 4 is 10.8 Å². The molecule has 4 unspecified atom stereocenters. The van der Waals surface area contributed by atoms with Crippen molar-refractivity contribution in [3.8, 4) is 0 Å². The van der Waals surface area contributed by atoms with Crippen LogP contribution in [-0.4, -0.2) is 28.8 Å². The molecule has 0 bridgehead atoms. The van der Waals surface area contributed by atoms with E-state index in [9.17, 15) is 4.21 Å². The topological polar surface area (TPSA) is 29.1 Å². The minimum atomic E-state index is -0.679. The van der Waals surface area contributed by atoms with E-state index in [2.05, 4.69) is 32.2 Å². The molecule has 1 aliphatic rings. The van der Waals surface area contributed by atoms with Crippen LogP contribution in [0.3, 0.4) is 0 Å². The van der Waals surface area contributed by atoms with Gasteiger partial charge in [0.1, 0.15) is 0 Å². The van der Waals surface area contributed by atoms with E-state index in [0.29, 0.717) is 5.25 Å². The molecule has 3 heteroatoms. The lowest BCUT2D eigenvalue weighted by Crippen LogP contribution is -2.28. The quantitative estimate of drug-likeness (QED) is 0.585. The molecule has 0 aromatic heterocycles. The Labute approximate surface area is 109 Å². The first-order valence-electron chi connectivity index (χ1n) is 6.69. The molecule has 1 N–H and O–H groups in total. The van der Waals surface area contributed by atoms with Crippen molar-refractivity contribution in [3.63, 3.8) is 0 Å². The molecular weight excluding hydrogens is 230 g/mol. The van der Waals surface area contributed by atoms with E-state index in [1.54, 1.807) is 11.8 Å². The van der Waals surface area contributed by atoms with Gasteiger partial charge in [-0.1, -0.05) is 25.5 Å². The Hall–Kier alpha value is -0.150. The van der Waals surface area contributed by atoms with E-state index in [4.69, 9.17) is 0 Å². The van der Waals surface area contributed by atoms with E-state index in [-0.39, 0.29) is 0 Å². The van der Waals surface area contributed by atoms with Gasteiger partial charge in [-0.15, -0.1) is 0 Å². The molecule has 0 radical (unpaired) electrons. The fraction of sp³-hybridized carbons (Fsp3) is 0.857. The van der Waals surface area contributed by atoms with Crippen molar-refractivity contribution in [2.45, 2.75) is 45.3 Å². The van der Waals surface area contributed by atoms with E-state index < -0.39 is 10.8 Å². The Morgan fingerprint density at radius 1 is 1.59 bits per heavy atom. The zero-order chi connectivity index (χ0) is 12.8. The van der Waals surface area contributed by atoms with Gasteiger partial charge in [-0.05, 0) is 51.1 Å². The third-order valence-electron chi connectivity index (χ3n) is 3.61. The summed E-state index contributed by atoms with van der Waals surface area (Å²) >= 11 is 0. The first-order valence-corrected chi connectivity index (χ1v) is 8.31. The molecule has 0 aromatic carbocycles. The summed E-state index contributed by atoms with van der Waals surface area (Å²) in [6, 6.07) is 0. The van der Waals surface area contributed by atoms with Crippen LogP contribution < -0.4 is 5.32 Å². The SMILES string of the molecule is CC1=CC(C)CC(CNCCC(C)S(C)=O)C1. The van der Waals surface area contributed by atoms with Crippen LogP contribution in [0.25, 0.3) is 0 Å². The van der Waals surface area contributed by atoms with Gasteiger partial charge in [0.25, 0.3) is 0 Å². The molecule has 0 aliphatic heterocycles. The maximum atomic E-state index is 11.2. The number of hydrogen-bond acceptors (Lipinski definition) is 2. The standard InChI is InChI=1S/C14H27NOS/c1-11-7-12(2)9-14(8-11)10-15-6-5-13(3)17(4)16/h7,11,13-15H,5-6,8-10H2,1-4H3. The molecule has 0 spiro atoms. The van der Waals surface area contributed by atoms with Crippen LogP contribution in [0.5, 0.6) is 0 Å². The van der Waals surface area contributed by atoms with Gasteiger partial charge in [-0.2, -0.15) is 0 Å². The monoisotopic (exact) mass is 257 g/mol. The van der Waals surface area contributed by atoms with Gasteiger partial charge < -0.3 is 5.32 Å². The summed E-state index contributed by atoms with van der Waals surface area (Å²) in [5.74, 6) is 1.52. The number of allylic oxidation sites excluding steroid dienone is 2. The predicted octanol–water partition coefficient (Wildman–Crippen LogP) is 2.73. The number of rotatable bonds is 6. The second-order valence-electron chi connectivity index (χ2n) is 5.60. The van der Waals surface area contributed by atoms with Crippen molar-refractivity contribution in [1.82, 2.24) is 5.32 Å². The summed E-state index contributed by atoms with van der Waals surface area (Å²) in [7, 11) is -0.679. The van der Waals surface area contributed by atoms with Crippen molar-refractivity contribution in [1.29, 1.82) is 0 Å². The maximum absolute atomic E-state index is 11.2. The van der Waals surface area contributed by atoms with Gasteiger partial charge >= 0.3 is 0 Å². The molecule has 1 rings (SSSR count). The van der Waals surface area contributed by atoms with Crippen LogP contribution in [0.4, 0.5) is 0 Å². The minimum Gasteiger partial charge on any atom is -0.316 e. The van der Waals surface area contributed by atoms with Gasteiger partial charge in [0.05, 0.1) is 0 Å². The first kappa shape index (κ1) is 14.9. The van der Waals surface area contributed by atoms with E-state index in [1.807, 2.05) is 0 Å². The van der Waals surface area contributed by atoms with Crippen LogP contribution >= 0.6 is 0 Å². The average molecular weight is 257 g/mol. The van der Waals surface area contributed by atoms with Gasteiger partial charge in [-0.25, -0.2) is 0 Å². The lowest BCUT2D eigenvalue weighted by molar-refractivity contribution is 0.381. The predicted molar refractivity (Wildman–Crippen MR) is 76.7 cm³/mol. The fourth-order valence-corrected chi connectivity index (χ4v) is 3.07. The molecule has 0 amide bonds. The minimum absolute atomic E-state index is 0.314. The molecular formula is C14H27NOS. The Morgan fingerprint density at radius 2 is 2.29 bits per heavy atom. The van der Waals surface area contributed by atoms with Crippen molar-refractivity contribution in [2.75, 3.05) is 19.3 Å². The fourth-order valence-electron chi connectivity index (χ4n) is 2.62. The van der Waals surface area contributed by atoms with Crippen LogP contribution in [0, 0.1) is 11.8 Å². The Balaban J connectivity index is 2.15. The molecule has 0 fully saturated rings. The zero-order valence-electron chi connectivity index (χ0n) is 11.7. The molecule has 0 saturated carbocycles. The van der Waals surface area contributed by atoms with Crippen LogP contribution in [0.1, 0.15) is 40.0 Å². The summed E-state index contributed by atoms with van der Waals surface area (Å²) in [6.45, 7) is 8.71. The summed E-state index contributed by atoms with van der Waals surface area (Å²) in [4.78, 5) is 0. The molecule has 2 nitrogen and oxygen atoms in total. The molecule has 0 aromatic rings. The highest BCUT2D eigenvalue weighted by atomic mass is 32.2. The third kappa shape index (κ3) is 5.82. The highest BCUT2D eigenvalue weighted by molar-refractivity contribution is 7.84. The average Bonchev–Trinajstić information content (AvgIpc) is 2.22. The summed E-state index contributed by atoms with van der Waals surface area (Å²) < 4.78 is 11.2. The lowest BCUT2D eigenvalue weighted by Gasteiger charge is -2.25. The highest BCUT2D eigenvalue weighted by Crippen LogP contribution is 2.27. The summed E-state index contributed by atoms with van der Waals surface area (Å²) in [5.41, 5.74) is 1.54. The molecule has 17 heavy (non-hydrogen) atoms. The molecule has 0 saturated heterocycles. The van der Waals surface area contributed by atoms with Crippen molar-refractivity contribution in [3.05, 3.63) is 11.6 Å².